The summed E-state index contributed by atoms with van der Waals surface area (Å²) >= 11 is 0. The van der Waals surface area contributed by atoms with E-state index in [9.17, 15) is 53.1 Å². The molecule has 3 heterocycles. The van der Waals surface area contributed by atoms with E-state index >= 15 is 0 Å². The molecular formula is C68H64O26. The van der Waals surface area contributed by atoms with Crippen LogP contribution in [0.3, 0.4) is 0 Å². The van der Waals surface area contributed by atoms with Gasteiger partial charge in [0.1, 0.15) is 24.9 Å². The fourth-order valence-corrected chi connectivity index (χ4v) is 10.3. The second-order valence-electron chi connectivity index (χ2n) is 21.3. The van der Waals surface area contributed by atoms with Crippen molar-refractivity contribution in [2.24, 2.45) is 0 Å². The SMILES string of the molecule is CC(=O)OC[C@H]1O[C@H](OC[C@H]2O[C@@H](OC[C@H]3O[C@H](O)[C@H](OC(=O)c4ccccc4)[C@@H](OC(=O)c4ccccc4)[C@H]3OC(=O)c3ccccc3)[C@H](OC(=O)c3ccccc3)[C@@H](OC(=O)c3ccccc3)[C@H]2OC(=O)c2ccccc2)[C@H](OC(C)=O)[C@@H](OC(C)=O)[C@H]1OC(C)=O. The number of esters is 10. The molecule has 3 aliphatic rings. The highest BCUT2D eigenvalue weighted by atomic mass is 16.8. The summed E-state index contributed by atoms with van der Waals surface area (Å²) in [5.41, 5.74) is -0.227. The normalized spacial score (nSPS) is 25.5. The van der Waals surface area contributed by atoms with Crippen molar-refractivity contribution in [3.8, 4) is 0 Å². The molecule has 0 amide bonds. The number of aliphatic hydroxyl groups is 1. The van der Waals surface area contributed by atoms with Crippen molar-refractivity contribution in [3.63, 3.8) is 0 Å². The summed E-state index contributed by atoms with van der Waals surface area (Å²) in [7, 11) is 0. The van der Waals surface area contributed by atoms with E-state index < -0.39 is 172 Å². The van der Waals surface area contributed by atoms with Gasteiger partial charge in [-0.3, -0.25) is 19.2 Å². The molecule has 0 spiro atoms. The molecule has 1 N–H and O–H groups in total. The summed E-state index contributed by atoms with van der Waals surface area (Å²) in [4.78, 5) is 137. The van der Waals surface area contributed by atoms with Crippen LogP contribution >= 0.6 is 0 Å². The predicted molar refractivity (Wildman–Crippen MR) is 317 cm³/mol. The third-order valence-electron chi connectivity index (χ3n) is 14.5. The van der Waals surface area contributed by atoms with E-state index in [1.807, 2.05) is 0 Å². The van der Waals surface area contributed by atoms with Gasteiger partial charge in [0.15, 0.2) is 73.8 Å². The van der Waals surface area contributed by atoms with Crippen LogP contribution in [0.5, 0.6) is 0 Å². The summed E-state index contributed by atoms with van der Waals surface area (Å²) < 4.78 is 91.0. The van der Waals surface area contributed by atoms with Gasteiger partial charge in [-0.2, -0.15) is 0 Å². The van der Waals surface area contributed by atoms with Gasteiger partial charge in [-0.05, 0) is 72.8 Å². The van der Waals surface area contributed by atoms with Crippen molar-refractivity contribution in [2.45, 2.75) is 120 Å². The lowest BCUT2D eigenvalue weighted by Crippen LogP contribution is -2.65. The van der Waals surface area contributed by atoms with Crippen molar-refractivity contribution in [3.05, 3.63) is 215 Å². The van der Waals surface area contributed by atoms with Crippen molar-refractivity contribution in [1.29, 1.82) is 0 Å². The largest absolute Gasteiger partial charge is 0.463 e. The van der Waals surface area contributed by atoms with Crippen molar-refractivity contribution < 1.29 is 124 Å². The van der Waals surface area contributed by atoms with E-state index in [-0.39, 0.29) is 33.4 Å². The zero-order valence-electron chi connectivity index (χ0n) is 50.8. The van der Waals surface area contributed by atoms with Crippen LogP contribution in [0.25, 0.3) is 0 Å². The molecule has 0 radical (unpaired) electrons. The quantitative estimate of drug-likeness (QED) is 0.0576. The first kappa shape index (κ1) is 68.2. The van der Waals surface area contributed by atoms with E-state index in [0.29, 0.717) is 0 Å². The Hall–Kier alpha value is -10.2. The molecule has 6 aromatic rings. The average molecular weight is 1300 g/mol. The number of hydrogen-bond donors (Lipinski definition) is 1. The summed E-state index contributed by atoms with van der Waals surface area (Å²) in [6.45, 7) is 1.58. The van der Waals surface area contributed by atoms with Gasteiger partial charge >= 0.3 is 59.7 Å². The molecule has 3 fully saturated rings. The van der Waals surface area contributed by atoms with Gasteiger partial charge in [0.25, 0.3) is 0 Å². The van der Waals surface area contributed by atoms with Crippen LogP contribution in [0.15, 0.2) is 182 Å². The zero-order chi connectivity index (χ0) is 66.8. The van der Waals surface area contributed by atoms with E-state index in [1.54, 1.807) is 48.5 Å². The molecule has 3 aliphatic heterocycles. The van der Waals surface area contributed by atoms with Gasteiger partial charge < -0.3 is 76.2 Å². The lowest BCUT2D eigenvalue weighted by atomic mass is 9.96. The van der Waals surface area contributed by atoms with E-state index in [1.165, 1.54) is 133 Å². The molecule has 0 unspecified atom stereocenters. The van der Waals surface area contributed by atoms with Gasteiger partial charge in [-0.15, -0.1) is 0 Å². The monoisotopic (exact) mass is 1300 g/mol. The lowest BCUT2D eigenvalue weighted by molar-refractivity contribution is -0.339. The Morgan fingerprint density at radius 3 is 0.851 bits per heavy atom. The highest BCUT2D eigenvalue weighted by molar-refractivity contribution is 5.93. The Morgan fingerprint density at radius 2 is 0.521 bits per heavy atom. The minimum absolute atomic E-state index is 0.000337. The molecule has 0 aromatic heterocycles. The summed E-state index contributed by atoms with van der Waals surface area (Å²) in [6.07, 6.45) is -28.4. The van der Waals surface area contributed by atoms with E-state index in [4.69, 9.17) is 71.1 Å². The fourth-order valence-electron chi connectivity index (χ4n) is 10.3. The Morgan fingerprint density at radius 1 is 0.287 bits per heavy atom. The maximum absolute atomic E-state index is 14.6. The molecule has 94 heavy (non-hydrogen) atoms. The number of benzene rings is 6. The minimum Gasteiger partial charge on any atom is -0.463 e. The Kier molecular flexibility index (Phi) is 23.5. The van der Waals surface area contributed by atoms with Crippen LogP contribution in [0.4, 0.5) is 0 Å². The second kappa shape index (κ2) is 32.4. The molecule has 0 aliphatic carbocycles. The molecule has 9 rings (SSSR count). The molecule has 26 nitrogen and oxygen atoms in total. The maximum atomic E-state index is 14.6. The van der Waals surface area contributed by atoms with Crippen molar-refractivity contribution in [1.82, 2.24) is 0 Å². The van der Waals surface area contributed by atoms with Gasteiger partial charge in [0, 0.05) is 27.7 Å². The Bertz CT molecular complexity index is 3580. The predicted octanol–water partition coefficient (Wildman–Crippen LogP) is 5.90. The molecule has 6 aromatic carbocycles. The molecule has 26 heteroatoms. The highest BCUT2D eigenvalue weighted by Gasteiger charge is 2.58. The van der Waals surface area contributed by atoms with Crippen LogP contribution in [0, 0.1) is 0 Å². The summed E-state index contributed by atoms with van der Waals surface area (Å²) in [6, 6.07) is 45.0. The third-order valence-corrected chi connectivity index (χ3v) is 14.5. The number of ether oxygens (including phenoxy) is 15. The van der Waals surface area contributed by atoms with Crippen LogP contribution in [-0.2, 0) is 90.2 Å². The van der Waals surface area contributed by atoms with Gasteiger partial charge in [0.2, 0.25) is 0 Å². The van der Waals surface area contributed by atoms with Gasteiger partial charge in [-0.1, -0.05) is 109 Å². The molecular weight excluding hydrogens is 1230 g/mol. The molecule has 15 atom stereocenters. The smallest absolute Gasteiger partial charge is 0.338 e. The van der Waals surface area contributed by atoms with Crippen molar-refractivity contribution in [2.75, 3.05) is 19.8 Å². The average Bonchev–Trinajstić information content (AvgIpc) is 0.794. The van der Waals surface area contributed by atoms with Crippen LogP contribution in [-0.4, -0.2) is 177 Å². The van der Waals surface area contributed by atoms with Crippen LogP contribution in [0.2, 0.25) is 0 Å². The number of carbonyl (C=O) groups excluding carboxylic acids is 10. The Labute approximate surface area is 536 Å². The number of rotatable bonds is 23. The zero-order valence-corrected chi connectivity index (χ0v) is 50.8. The highest BCUT2D eigenvalue weighted by Crippen LogP contribution is 2.37. The first-order chi connectivity index (χ1) is 45.3. The molecule has 0 saturated carbocycles. The molecule has 3 saturated heterocycles. The first-order valence-electron chi connectivity index (χ1n) is 29.4. The maximum Gasteiger partial charge on any atom is 0.338 e. The Balaban J connectivity index is 1.16. The number of hydrogen-bond acceptors (Lipinski definition) is 26. The molecule has 0 bridgehead atoms. The van der Waals surface area contributed by atoms with E-state index in [0.717, 1.165) is 27.7 Å². The third kappa shape index (κ3) is 17.9. The number of aliphatic hydroxyl groups excluding tert-OH is 1. The minimum atomic E-state index is -2.22. The topological polar surface area (TPSA) is 329 Å². The van der Waals surface area contributed by atoms with Gasteiger partial charge in [0.05, 0.1) is 46.6 Å². The van der Waals surface area contributed by atoms with Crippen LogP contribution in [0.1, 0.15) is 89.8 Å². The summed E-state index contributed by atoms with van der Waals surface area (Å²) in [5, 5.41) is 12.0. The fraction of sp³-hybridized carbons (Fsp3) is 0.324. The van der Waals surface area contributed by atoms with Crippen LogP contribution < -0.4 is 0 Å². The van der Waals surface area contributed by atoms with Gasteiger partial charge in [-0.25, -0.2) is 28.8 Å². The van der Waals surface area contributed by atoms with E-state index in [2.05, 4.69) is 0 Å². The summed E-state index contributed by atoms with van der Waals surface area (Å²) in [5.74, 6) is -10.0. The second-order valence-corrected chi connectivity index (χ2v) is 21.3. The lowest BCUT2D eigenvalue weighted by Gasteiger charge is -2.47. The number of carbonyl (C=O) groups is 10. The molecule has 492 valence electrons. The standard InChI is InChI=1S/C68H64O26/c1-38(69)80-35-49-51(83-39(2)70)55(84-40(3)71)58(85-41(4)72)67(87-49)82-37-50-53(90-61(74)43-25-13-6-14-26-43)56(92-63(76)45-29-17-8-18-30-45)59(94-65(78)47-33-21-10-22-34-47)68(88-50)81-36-48-52(89-60(73)42-23-11-5-12-24-42)54(91-62(75)44-27-15-7-16-28-44)57(66(79)86-48)93-64(77)46-31-19-9-20-32-46/h5-34,48-59,66-68,79H,35-37H2,1-4H3/t48-,49-,50-,51+,52+,53+,54+,55+,56+,57-,58-,59-,66+,67+,68-/m1/s1. The first-order valence-corrected chi connectivity index (χ1v) is 29.4. The van der Waals surface area contributed by atoms with Crippen molar-refractivity contribution >= 4 is 59.7 Å².